The maximum absolute atomic E-state index is 11.9. The zero-order valence-electron chi connectivity index (χ0n) is 10.8. The Labute approximate surface area is 117 Å². The molecule has 0 aromatic heterocycles. The summed E-state index contributed by atoms with van der Waals surface area (Å²) in [7, 11) is 0. The highest BCUT2D eigenvalue weighted by molar-refractivity contribution is 6.31. The molecule has 0 bridgehead atoms. The summed E-state index contributed by atoms with van der Waals surface area (Å²) >= 11 is 5.91. The predicted molar refractivity (Wildman–Crippen MR) is 80.0 cm³/mol. The van der Waals surface area contributed by atoms with E-state index >= 15 is 0 Å². The van der Waals surface area contributed by atoms with Crippen molar-refractivity contribution in [1.29, 1.82) is 0 Å². The van der Waals surface area contributed by atoms with Gasteiger partial charge in [-0.1, -0.05) is 35.9 Å². The van der Waals surface area contributed by atoms with Crippen LogP contribution in [0.3, 0.4) is 0 Å². The molecule has 2 aromatic rings. The molecule has 0 fully saturated rings. The number of urea groups is 1. The van der Waals surface area contributed by atoms with Crippen molar-refractivity contribution in [1.82, 2.24) is 0 Å². The Morgan fingerprint density at radius 1 is 0.947 bits per heavy atom. The lowest BCUT2D eigenvalue weighted by molar-refractivity contribution is 0.262. The average Bonchev–Trinajstić information content (AvgIpc) is 2.37. The van der Waals surface area contributed by atoms with Crippen molar-refractivity contribution < 1.29 is 4.79 Å². The lowest BCUT2D eigenvalue weighted by Gasteiger charge is -2.11. The number of benzene rings is 2. The van der Waals surface area contributed by atoms with Crippen LogP contribution in [-0.4, -0.2) is 6.03 Å². The van der Waals surface area contributed by atoms with Crippen molar-refractivity contribution in [2.45, 2.75) is 13.8 Å². The number of halogens is 1. The number of carbonyl (C=O) groups excluding carboxylic acids is 1. The quantitative estimate of drug-likeness (QED) is 0.825. The van der Waals surface area contributed by atoms with Crippen molar-refractivity contribution in [3.05, 3.63) is 58.6 Å². The zero-order chi connectivity index (χ0) is 13.8. The standard InChI is InChI=1S/C15H15ClN2O/c1-10-5-3-4-6-13(10)17-15(19)18-14-9-12(16)8-7-11(14)2/h3-9H,1-2H3,(H2,17,18,19). The van der Waals surface area contributed by atoms with E-state index in [1.165, 1.54) is 0 Å². The molecule has 19 heavy (non-hydrogen) atoms. The van der Waals surface area contributed by atoms with Crippen molar-refractivity contribution in [3.63, 3.8) is 0 Å². The Morgan fingerprint density at radius 3 is 2.32 bits per heavy atom. The van der Waals surface area contributed by atoms with Crippen LogP contribution in [0.1, 0.15) is 11.1 Å². The molecule has 0 unspecified atom stereocenters. The first-order valence-electron chi connectivity index (χ1n) is 5.96. The topological polar surface area (TPSA) is 41.1 Å². The van der Waals surface area contributed by atoms with Gasteiger partial charge in [0, 0.05) is 16.4 Å². The van der Waals surface area contributed by atoms with Gasteiger partial charge in [0.2, 0.25) is 0 Å². The molecule has 0 radical (unpaired) electrons. The van der Waals surface area contributed by atoms with E-state index in [0.717, 1.165) is 16.8 Å². The van der Waals surface area contributed by atoms with Crippen LogP contribution in [0.15, 0.2) is 42.5 Å². The molecule has 3 nitrogen and oxygen atoms in total. The van der Waals surface area contributed by atoms with Gasteiger partial charge in [-0.05, 0) is 43.2 Å². The fraction of sp³-hybridized carbons (Fsp3) is 0.133. The van der Waals surface area contributed by atoms with Crippen LogP contribution in [-0.2, 0) is 0 Å². The Bertz CT molecular complexity index is 611. The van der Waals surface area contributed by atoms with E-state index in [-0.39, 0.29) is 6.03 Å². The molecule has 0 aliphatic carbocycles. The molecule has 4 heteroatoms. The first kappa shape index (κ1) is 13.4. The molecule has 2 N–H and O–H groups in total. The Hall–Kier alpha value is -2.00. The first-order valence-corrected chi connectivity index (χ1v) is 6.34. The van der Waals surface area contributed by atoms with Gasteiger partial charge in [0.05, 0.1) is 0 Å². The number of amides is 2. The third-order valence-corrected chi connectivity index (χ3v) is 3.08. The van der Waals surface area contributed by atoms with E-state index in [1.807, 2.05) is 44.2 Å². The molecule has 0 saturated heterocycles. The number of hydrogen-bond donors (Lipinski definition) is 2. The molecule has 0 saturated carbocycles. The number of rotatable bonds is 2. The Kier molecular flexibility index (Phi) is 4.07. The van der Waals surface area contributed by atoms with Gasteiger partial charge in [0.15, 0.2) is 0 Å². The van der Waals surface area contributed by atoms with Crippen LogP contribution < -0.4 is 10.6 Å². The fourth-order valence-electron chi connectivity index (χ4n) is 1.72. The Balaban J connectivity index is 2.10. The maximum atomic E-state index is 11.9. The van der Waals surface area contributed by atoms with Crippen molar-refractivity contribution in [2.24, 2.45) is 0 Å². The summed E-state index contributed by atoms with van der Waals surface area (Å²) in [5, 5.41) is 6.20. The number of aryl methyl sites for hydroxylation is 2. The van der Waals surface area contributed by atoms with E-state index in [0.29, 0.717) is 10.7 Å². The largest absolute Gasteiger partial charge is 0.323 e. The molecule has 2 amide bonds. The molecule has 0 aliphatic rings. The van der Waals surface area contributed by atoms with Crippen molar-refractivity contribution in [2.75, 3.05) is 10.6 Å². The molecule has 2 rings (SSSR count). The number of hydrogen-bond acceptors (Lipinski definition) is 1. The molecule has 0 aliphatic heterocycles. The summed E-state index contributed by atoms with van der Waals surface area (Å²) < 4.78 is 0. The minimum atomic E-state index is -0.278. The van der Waals surface area contributed by atoms with E-state index in [4.69, 9.17) is 11.6 Å². The van der Waals surface area contributed by atoms with E-state index in [2.05, 4.69) is 10.6 Å². The van der Waals surface area contributed by atoms with Crippen molar-refractivity contribution in [3.8, 4) is 0 Å². The molecule has 0 heterocycles. The SMILES string of the molecule is Cc1ccccc1NC(=O)Nc1cc(Cl)ccc1C. The highest BCUT2D eigenvalue weighted by atomic mass is 35.5. The van der Waals surface area contributed by atoms with E-state index in [9.17, 15) is 4.79 Å². The highest BCUT2D eigenvalue weighted by Gasteiger charge is 2.06. The van der Waals surface area contributed by atoms with Gasteiger partial charge in [-0.25, -0.2) is 4.79 Å². The third-order valence-electron chi connectivity index (χ3n) is 2.84. The summed E-state index contributed by atoms with van der Waals surface area (Å²) in [6, 6.07) is 12.7. The van der Waals surface area contributed by atoms with Crippen LogP contribution >= 0.6 is 11.6 Å². The van der Waals surface area contributed by atoms with Gasteiger partial charge >= 0.3 is 6.03 Å². The lowest BCUT2D eigenvalue weighted by atomic mass is 10.2. The molecule has 0 atom stereocenters. The average molecular weight is 275 g/mol. The predicted octanol–water partition coefficient (Wildman–Crippen LogP) is 4.60. The molecule has 2 aromatic carbocycles. The summed E-state index contributed by atoms with van der Waals surface area (Å²) in [5.41, 5.74) is 3.48. The maximum Gasteiger partial charge on any atom is 0.323 e. The lowest BCUT2D eigenvalue weighted by Crippen LogP contribution is -2.20. The van der Waals surface area contributed by atoms with Crippen LogP contribution in [0, 0.1) is 13.8 Å². The molecular weight excluding hydrogens is 260 g/mol. The minimum absolute atomic E-state index is 0.278. The molecule has 0 spiro atoms. The van der Waals surface area contributed by atoms with E-state index < -0.39 is 0 Å². The van der Waals surface area contributed by atoms with Crippen LogP contribution in [0.25, 0.3) is 0 Å². The minimum Gasteiger partial charge on any atom is -0.307 e. The molecule has 98 valence electrons. The van der Waals surface area contributed by atoms with Crippen LogP contribution in [0.2, 0.25) is 5.02 Å². The highest BCUT2D eigenvalue weighted by Crippen LogP contribution is 2.20. The van der Waals surface area contributed by atoms with Gasteiger partial charge in [-0.15, -0.1) is 0 Å². The van der Waals surface area contributed by atoms with Crippen LogP contribution in [0.4, 0.5) is 16.2 Å². The second kappa shape index (κ2) is 5.76. The number of para-hydroxylation sites is 1. The number of nitrogens with one attached hydrogen (secondary N) is 2. The second-order valence-corrected chi connectivity index (χ2v) is 4.79. The van der Waals surface area contributed by atoms with Gasteiger partial charge in [-0.2, -0.15) is 0 Å². The second-order valence-electron chi connectivity index (χ2n) is 4.35. The van der Waals surface area contributed by atoms with Crippen molar-refractivity contribution >= 4 is 29.0 Å². The van der Waals surface area contributed by atoms with Gasteiger partial charge in [-0.3, -0.25) is 0 Å². The fourth-order valence-corrected chi connectivity index (χ4v) is 1.89. The van der Waals surface area contributed by atoms with Gasteiger partial charge in [0.25, 0.3) is 0 Å². The summed E-state index contributed by atoms with van der Waals surface area (Å²) in [6.07, 6.45) is 0. The third kappa shape index (κ3) is 3.48. The Morgan fingerprint density at radius 2 is 1.58 bits per heavy atom. The first-order chi connectivity index (χ1) is 9.06. The van der Waals surface area contributed by atoms with E-state index in [1.54, 1.807) is 12.1 Å². The smallest absolute Gasteiger partial charge is 0.307 e. The van der Waals surface area contributed by atoms with Gasteiger partial charge < -0.3 is 10.6 Å². The summed E-state index contributed by atoms with van der Waals surface area (Å²) in [5.74, 6) is 0. The number of carbonyl (C=O) groups is 1. The zero-order valence-corrected chi connectivity index (χ0v) is 11.6. The summed E-state index contributed by atoms with van der Waals surface area (Å²) in [6.45, 7) is 3.86. The van der Waals surface area contributed by atoms with Gasteiger partial charge in [0.1, 0.15) is 0 Å². The molecular formula is C15H15ClN2O. The normalized spacial score (nSPS) is 10.1. The summed E-state index contributed by atoms with van der Waals surface area (Å²) in [4.78, 5) is 11.9. The number of anilines is 2. The monoisotopic (exact) mass is 274 g/mol. The van der Waals surface area contributed by atoms with Crippen LogP contribution in [0.5, 0.6) is 0 Å².